The van der Waals surface area contributed by atoms with Crippen molar-refractivity contribution >= 4 is 14.8 Å². The normalized spacial score (nSPS) is 19.3. The standard InChI is InChI=1S/C17H18F3N5OS/c1-27(2,26,15-5-3-4-6-22-15)16-10-25(11-24-16)12-7-13(17(18,19)20)14(8-21)23-9-12/h3-7,9,16,24H,10-11H2,1-2H3. The molecule has 3 rings (SSSR count). The van der Waals surface area contributed by atoms with Crippen LogP contribution in [0.3, 0.4) is 0 Å². The molecule has 1 saturated heterocycles. The van der Waals surface area contributed by atoms with Gasteiger partial charge in [0, 0.05) is 12.7 Å². The number of rotatable bonds is 3. The molecule has 0 bridgehead atoms. The van der Waals surface area contributed by atoms with Gasteiger partial charge in [-0.2, -0.15) is 18.4 Å². The summed E-state index contributed by atoms with van der Waals surface area (Å²) in [6.45, 7) is 0.429. The summed E-state index contributed by atoms with van der Waals surface area (Å²) < 4.78 is 53.2. The van der Waals surface area contributed by atoms with E-state index >= 15 is 0 Å². The van der Waals surface area contributed by atoms with Crippen LogP contribution in [-0.4, -0.2) is 45.3 Å². The Hall–Kier alpha value is -2.51. The van der Waals surface area contributed by atoms with Gasteiger partial charge in [0.05, 0.1) is 29.5 Å². The number of pyridine rings is 2. The van der Waals surface area contributed by atoms with Gasteiger partial charge in [0.2, 0.25) is 0 Å². The third-order valence-electron chi connectivity index (χ3n) is 4.64. The zero-order chi connectivity index (χ0) is 19.9. The monoisotopic (exact) mass is 397 g/mol. The first-order valence-electron chi connectivity index (χ1n) is 7.99. The zero-order valence-corrected chi connectivity index (χ0v) is 15.5. The van der Waals surface area contributed by atoms with Crippen LogP contribution in [0.5, 0.6) is 0 Å². The minimum Gasteiger partial charge on any atom is -0.355 e. The maximum Gasteiger partial charge on any atom is 0.419 e. The number of halogens is 3. The molecule has 0 saturated carbocycles. The molecule has 27 heavy (non-hydrogen) atoms. The van der Waals surface area contributed by atoms with E-state index in [0.717, 1.165) is 6.07 Å². The van der Waals surface area contributed by atoms with Crippen LogP contribution in [0.15, 0.2) is 41.7 Å². The van der Waals surface area contributed by atoms with Crippen LogP contribution in [0, 0.1) is 11.3 Å². The van der Waals surface area contributed by atoms with Gasteiger partial charge in [0.25, 0.3) is 0 Å². The lowest BCUT2D eigenvalue weighted by molar-refractivity contribution is -0.138. The summed E-state index contributed by atoms with van der Waals surface area (Å²) in [4.78, 5) is 9.48. The summed E-state index contributed by atoms with van der Waals surface area (Å²) in [5.41, 5.74) is -1.54. The molecule has 3 heterocycles. The van der Waals surface area contributed by atoms with Crippen molar-refractivity contribution in [2.75, 3.05) is 30.6 Å². The van der Waals surface area contributed by atoms with Gasteiger partial charge in [-0.05, 0) is 39.8 Å². The molecule has 1 N–H and O–H groups in total. The number of nitrogens with zero attached hydrogens (tertiary/aromatic N) is 4. The third kappa shape index (κ3) is 3.52. The van der Waals surface area contributed by atoms with Crippen LogP contribution in [-0.2, 0) is 15.2 Å². The second-order valence-corrected chi connectivity index (χ2v) is 11.7. The zero-order valence-electron chi connectivity index (χ0n) is 14.7. The summed E-state index contributed by atoms with van der Waals surface area (Å²) in [6.07, 6.45) is 1.35. The highest BCUT2D eigenvalue weighted by Crippen LogP contribution is 2.37. The van der Waals surface area contributed by atoms with E-state index in [4.69, 9.17) is 5.26 Å². The molecule has 0 radical (unpaired) electrons. The summed E-state index contributed by atoms with van der Waals surface area (Å²) in [5, 5.41) is 11.9. The van der Waals surface area contributed by atoms with Crippen molar-refractivity contribution in [2.45, 2.75) is 16.6 Å². The highest BCUT2D eigenvalue weighted by molar-refractivity contribution is 8.19. The van der Waals surface area contributed by atoms with Gasteiger partial charge in [0.1, 0.15) is 11.1 Å². The average molecular weight is 397 g/mol. The number of nitrogens with one attached hydrogen (secondary N) is 1. The summed E-state index contributed by atoms with van der Waals surface area (Å²) >= 11 is 0. The van der Waals surface area contributed by atoms with Crippen LogP contribution >= 0.6 is 0 Å². The molecule has 1 atom stereocenters. The quantitative estimate of drug-likeness (QED) is 0.855. The molecular formula is C17H18F3N5OS. The molecule has 1 aliphatic rings. The molecular weight excluding hydrogens is 379 g/mol. The van der Waals surface area contributed by atoms with Crippen molar-refractivity contribution in [3.8, 4) is 6.07 Å². The Balaban J connectivity index is 1.91. The molecule has 1 fully saturated rings. The average Bonchev–Trinajstić information content (AvgIpc) is 3.12. The van der Waals surface area contributed by atoms with Gasteiger partial charge in [-0.3, -0.25) is 9.53 Å². The highest BCUT2D eigenvalue weighted by Gasteiger charge is 2.43. The Morgan fingerprint density at radius 2 is 2.07 bits per heavy atom. The number of aromatic nitrogens is 2. The molecule has 0 spiro atoms. The van der Waals surface area contributed by atoms with Gasteiger partial charge in [-0.15, -0.1) is 0 Å². The van der Waals surface area contributed by atoms with E-state index in [-0.39, 0.29) is 18.9 Å². The fourth-order valence-corrected chi connectivity index (χ4v) is 5.31. The lowest BCUT2D eigenvalue weighted by atomic mass is 10.1. The van der Waals surface area contributed by atoms with E-state index < -0.39 is 31.9 Å². The number of hydrogen-bond donors (Lipinski definition) is 1. The van der Waals surface area contributed by atoms with Gasteiger partial charge < -0.3 is 4.90 Å². The Morgan fingerprint density at radius 1 is 1.33 bits per heavy atom. The molecule has 6 nitrogen and oxygen atoms in total. The lowest BCUT2D eigenvalue weighted by Crippen LogP contribution is -2.50. The fraction of sp³-hybridized carbons (Fsp3) is 0.353. The number of hydrogen-bond acceptors (Lipinski definition) is 6. The number of nitriles is 1. The van der Waals surface area contributed by atoms with Crippen molar-refractivity contribution in [3.63, 3.8) is 0 Å². The van der Waals surface area contributed by atoms with E-state index in [2.05, 4.69) is 15.3 Å². The molecule has 0 aromatic carbocycles. The van der Waals surface area contributed by atoms with Crippen LogP contribution < -0.4 is 10.2 Å². The molecule has 144 valence electrons. The van der Waals surface area contributed by atoms with E-state index in [1.54, 1.807) is 41.8 Å². The molecule has 1 aliphatic heterocycles. The van der Waals surface area contributed by atoms with Crippen LogP contribution in [0.25, 0.3) is 0 Å². The first kappa shape index (κ1) is 19.3. The van der Waals surface area contributed by atoms with Crippen molar-refractivity contribution in [3.05, 3.63) is 47.9 Å². The molecule has 10 heteroatoms. The van der Waals surface area contributed by atoms with Crippen LogP contribution in [0.2, 0.25) is 0 Å². The van der Waals surface area contributed by atoms with Crippen molar-refractivity contribution in [1.29, 1.82) is 5.26 Å². The minimum absolute atomic E-state index is 0.207. The predicted molar refractivity (Wildman–Crippen MR) is 95.6 cm³/mol. The summed E-state index contributed by atoms with van der Waals surface area (Å²) in [6, 6.07) is 7.52. The lowest BCUT2D eigenvalue weighted by Gasteiger charge is -2.38. The van der Waals surface area contributed by atoms with Crippen molar-refractivity contribution < 1.29 is 17.4 Å². The Labute approximate surface area is 154 Å². The van der Waals surface area contributed by atoms with E-state index in [1.807, 2.05) is 0 Å². The van der Waals surface area contributed by atoms with Gasteiger partial charge in [0.15, 0.2) is 5.69 Å². The van der Waals surface area contributed by atoms with E-state index in [1.165, 1.54) is 12.3 Å². The topological polar surface area (TPSA) is 81.9 Å². The van der Waals surface area contributed by atoms with Gasteiger partial charge >= 0.3 is 6.18 Å². The summed E-state index contributed by atoms with van der Waals surface area (Å²) in [5.74, 6) is 0. The maximum absolute atomic E-state index is 13.7. The van der Waals surface area contributed by atoms with Crippen molar-refractivity contribution in [1.82, 2.24) is 15.3 Å². The smallest absolute Gasteiger partial charge is 0.355 e. The first-order valence-corrected chi connectivity index (χ1v) is 10.8. The van der Waals surface area contributed by atoms with Gasteiger partial charge in [-0.25, -0.2) is 9.97 Å². The molecule has 0 aliphatic carbocycles. The molecule has 2 aromatic heterocycles. The van der Waals surface area contributed by atoms with E-state index in [9.17, 15) is 17.4 Å². The second kappa shape index (κ2) is 6.28. The minimum atomic E-state index is -4.68. The second-order valence-electron chi connectivity index (χ2n) is 6.86. The third-order valence-corrected chi connectivity index (χ3v) is 8.10. The predicted octanol–water partition coefficient (Wildman–Crippen LogP) is 2.20. The Kier molecular flexibility index (Phi) is 4.48. The highest BCUT2D eigenvalue weighted by atomic mass is 32.3. The molecule has 0 amide bonds. The number of anilines is 1. The van der Waals surface area contributed by atoms with Crippen LogP contribution in [0.4, 0.5) is 18.9 Å². The molecule has 2 aromatic rings. The first-order chi connectivity index (χ1) is 12.5. The Morgan fingerprint density at radius 3 is 2.67 bits per heavy atom. The maximum atomic E-state index is 13.7. The summed E-state index contributed by atoms with van der Waals surface area (Å²) in [7, 11) is -3.40. The molecule has 1 unspecified atom stereocenters. The van der Waals surface area contributed by atoms with E-state index in [0.29, 0.717) is 5.03 Å². The SMILES string of the molecule is CS(C)(=O)(c1ccccn1)C1CN(c2cnc(C#N)c(C(F)(F)F)c2)CN1. The largest absolute Gasteiger partial charge is 0.419 e. The van der Waals surface area contributed by atoms with Gasteiger partial charge in [-0.1, -0.05) is 6.07 Å². The Bertz CT molecular complexity index is 965. The van der Waals surface area contributed by atoms with Crippen LogP contribution in [0.1, 0.15) is 11.3 Å². The fourth-order valence-electron chi connectivity index (χ4n) is 2.98. The van der Waals surface area contributed by atoms with Crippen molar-refractivity contribution in [2.24, 2.45) is 0 Å². The number of alkyl halides is 3.